The number of hydrogen-bond acceptors (Lipinski definition) is 3. The van der Waals surface area contributed by atoms with Gasteiger partial charge in [-0.25, -0.2) is 0 Å². The average Bonchev–Trinajstić information content (AvgIpc) is 2.30. The number of methoxy groups -OCH3 is 1. The van der Waals surface area contributed by atoms with Crippen LogP contribution in [-0.2, 0) is 6.42 Å². The molecule has 0 aliphatic heterocycles. The molecule has 0 amide bonds. The van der Waals surface area contributed by atoms with Crippen molar-refractivity contribution in [1.29, 1.82) is 0 Å². The van der Waals surface area contributed by atoms with Gasteiger partial charge in [-0.15, -0.1) is 0 Å². The summed E-state index contributed by atoms with van der Waals surface area (Å²) < 4.78 is 5.26. The molecule has 17 heavy (non-hydrogen) atoms. The summed E-state index contributed by atoms with van der Waals surface area (Å²) in [5.41, 5.74) is 3.53. The zero-order chi connectivity index (χ0) is 13.0. The summed E-state index contributed by atoms with van der Waals surface area (Å²) in [6.45, 7) is 5.70. The quantitative estimate of drug-likeness (QED) is 0.824. The van der Waals surface area contributed by atoms with Crippen LogP contribution < -0.4 is 4.74 Å². The van der Waals surface area contributed by atoms with Gasteiger partial charge >= 0.3 is 0 Å². The third kappa shape index (κ3) is 3.45. The molecular formula is C14H22O3. The van der Waals surface area contributed by atoms with Crippen molar-refractivity contribution in [3.63, 3.8) is 0 Å². The maximum atomic E-state index is 9.57. The van der Waals surface area contributed by atoms with Gasteiger partial charge in [0.25, 0.3) is 0 Å². The number of ether oxygens (including phenoxy) is 1. The molecule has 1 rings (SSSR count). The minimum atomic E-state index is -0.672. The molecule has 2 atom stereocenters. The Balaban J connectivity index is 2.76. The fourth-order valence-electron chi connectivity index (χ4n) is 1.89. The van der Waals surface area contributed by atoms with Gasteiger partial charge in [-0.05, 0) is 56.4 Å². The molecule has 3 heteroatoms. The molecule has 0 heterocycles. The van der Waals surface area contributed by atoms with Crippen molar-refractivity contribution in [2.24, 2.45) is 0 Å². The van der Waals surface area contributed by atoms with Crippen molar-refractivity contribution in [3.05, 3.63) is 28.8 Å². The summed E-state index contributed by atoms with van der Waals surface area (Å²) in [7, 11) is 1.67. The van der Waals surface area contributed by atoms with E-state index >= 15 is 0 Å². The van der Waals surface area contributed by atoms with Gasteiger partial charge < -0.3 is 14.9 Å². The molecule has 2 N–H and O–H groups in total. The topological polar surface area (TPSA) is 49.7 Å². The van der Waals surface area contributed by atoms with E-state index in [1.165, 1.54) is 11.1 Å². The van der Waals surface area contributed by atoms with Crippen LogP contribution in [0.2, 0.25) is 0 Å². The number of aryl methyl sites for hydroxylation is 1. The van der Waals surface area contributed by atoms with Crippen molar-refractivity contribution < 1.29 is 14.9 Å². The highest BCUT2D eigenvalue weighted by Crippen LogP contribution is 2.25. The molecule has 3 nitrogen and oxygen atoms in total. The molecule has 0 radical (unpaired) electrons. The predicted octanol–water partition coefficient (Wildman–Crippen LogP) is 1.99. The van der Waals surface area contributed by atoms with Crippen LogP contribution in [0.25, 0.3) is 0 Å². The van der Waals surface area contributed by atoms with Gasteiger partial charge in [0.2, 0.25) is 0 Å². The van der Waals surface area contributed by atoms with E-state index in [0.717, 1.165) is 17.7 Å². The van der Waals surface area contributed by atoms with Crippen LogP contribution in [0, 0.1) is 13.8 Å². The predicted molar refractivity (Wildman–Crippen MR) is 68.5 cm³/mol. The summed E-state index contributed by atoms with van der Waals surface area (Å²) in [6.07, 6.45) is 0.0129. The van der Waals surface area contributed by atoms with E-state index in [4.69, 9.17) is 4.74 Å². The Morgan fingerprint density at radius 1 is 1.18 bits per heavy atom. The van der Waals surface area contributed by atoms with E-state index in [1.54, 1.807) is 14.0 Å². The molecule has 0 spiro atoms. The maximum Gasteiger partial charge on any atom is 0.122 e. The molecule has 0 saturated carbocycles. The first-order valence-electron chi connectivity index (χ1n) is 5.96. The van der Waals surface area contributed by atoms with E-state index in [9.17, 15) is 10.2 Å². The van der Waals surface area contributed by atoms with Crippen LogP contribution in [0.15, 0.2) is 12.1 Å². The van der Waals surface area contributed by atoms with E-state index in [-0.39, 0.29) is 0 Å². The molecule has 2 unspecified atom stereocenters. The Bertz CT molecular complexity index is 372. The highest BCUT2D eigenvalue weighted by atomic mass is 16.5. The number of benzene rings is 1. The smallest absolute Gasteiger partial charge is 0.122 e. The van der Waals surface area contributed by atoms with Crippen LogP contribution in [0.4, 0.5) is 0 Å². The Kier molecular flexibility index (Phi) is 4.97. The molecule has 0 fully saturated rings. The van der Waals surface area contributed by atoms with Gasteiger partial charge in [0, 0.05) is 0 Å². The second-order valence-corrected chi connectivity index (χ2v) is 4.52. The summed E-state index contributed by atoms with van der Waals surface area (Å²) >= 11 is 0. The van der Waals surface area contributed by atoms with Gasteiger partial charge in [-0.1, -0.05) is 6.07 Å². The fraction of sp³-hybridized carbons (Fsp3) is 0.571. The summed E-state index contributed by atoms with van der Waals surface area (Å²) in [6, 6.07) is 3.97. The van der Waals surface area contributed by atoms with E-state index < -0.39 is 12.2 Å². The molecular weight excluding hydrogens is 216 g/mol. The Hall–Kier alpha value is -1.06. The van der Waals surface area contributed by atoms with Crippen LogP contribution in [0.3, 0.4) is 0 Å². The van der Waals surface area contributed by atoms with Crippen molar-refractivity contribution in [2.45, 2.75) is 45.8 Å². The monoisotopic (exact) mass is 238 g/mol. The van der Waals surface area contributed by atoms with E-state index in [1.807, 2.05) is 19.1 Å². The van der Waals surface area contributed by atoms with Crippen molar-refractivity contribution >= 4 is 0 Å². The molecule has 1 aromatic carbocycles. The molecule has 0 saturated heterocycles. The highest BCUT2D eigenvalue weighted by Gasteiger charge is 2.12. The lowest BCUT2D eigenvalue weighted by Gasteiger charge is -2.16. The molecule has 96 valence electrons. The van der Waals surface area contributed by atoms with Crippen molar-refractivity contribution in [1.82, 2.24) is 0 Å². The fourth-order valence-corrected chi connectivity index (χ4v) is 1.89. The minimum absolute atomic E-state index is 0.574. The first-order valence-corrected chi connectivity index (χ1v) is 5.96. The second kappa shape index (κ2) is 6.03. The lowest BCUT2D eigenvalue weighted by atomic mass is 9.97. The molecule has 0 aliphatic rings. The van der Waals surface area contributed by atoms with E-state index in [2.05, 4.69) is 6.92 Å². The Morgan fingerprint density at radius 2 is 1.82 bits per heavy atom. The third-order valence-electron chi connectivity index (χ3n) is 3.34. The van der Waals surface area contributed by atoms with Crippen LogP contribution in [0.1, 0.15) is 30.0 Å². The maximum absolute atomic E-state index is 9.57. The standard InChI is InChI=1S/C14H22O3/c1-9-10(2)14(17-4)8-6-12(9)5-7-13(16)11(3)15/h6,8,11,13,15-16H,5,7H2,1-4H3. The molecule has 1 aromatic rings. The molecule has 0 aromatic heterocycles. The number of hydrogen-bond donors (Lipinski definition) is 2. The van der Waals surface area contributed by atoms with Gasteiger partial charge in [-0.3, -0.25) is 0 Å². The van der Waals surface area contributed by atoms with Crippen molar-refractivity contribution in [2.75, 3.05) is 7.11 Å². The zero-order valence-electron chi connectivity index (χ0n) is 11.0. The summed E-state index contributed by atoms with van der Waals surface area (Å²) in [5.74, 6) is 0.891. The third-order valence-corrected chi connectivity index (χ3v) is 3.34. The lowest BCUT2D eigenvalue weighted by molar-refractivity contribution is 0.0265. The average molecular weight is 238 g/mol. The van der Waals surface area contributed by atoms with Crippen LogP contribution >= 0.6 is 0 Å². The minimum Gasteiger partial charge on any atom is -0.496 e. The van der Waals surface area contributed by atoms with Gasteiger partial charge in [-0.2, -0.15) is 0 Å². The lowest BCUT2D eigenvalue weighted by Crippen LogP contribution is -2.23. The first kappa shape index (κ1) is 14.0. The Labute approximate surface area is 103 Å². The first-order chi connectivity index (χ1) is 7.97. The number of rotatable bonds is 5. The second-order valence-electron chi connectivity index (χ2n) is 4.52. The molecule has 0 aliphatic carbocycles. The van der Waals surface area contributed by atoms with Crippen LogP contribution in [-0.4, -0.2) is 29.5 Å². The normalized spacial score (nSPS) is 14.5. The highest BCUT2D eigenvalue weighted by molar-refractivity contribution is 5.43. The van der Waals surface area contributed by atoms with Gasteiger partial charge in [0.1, 0.15) is 5.75 Å². The number of aliphatic hydroxyl groups excluding tert-OH is 2. The summed E-state index contributed by atoms with van der Waals surface area (Å²) in [5, 5.41) is 18.8. The summed E-state index contributed by atoms with van der Waals surface area (Å²) in [4.78, 5) is 0. The van der Waals surface area contributed by atoms with Crippen LogP contribution in [0.5, 0.6) is 5.75 Å². The van der Waals surface area contributed by atoms with Crippen molar-refractivity contribution in [3.8, 4) is 5.75 Å². The Morgan fingerprint density at radius 3 is 2.35 bits per heavy atom. The van der Waals surface area contributed by atoms with E-state index in [0.29, 0.717) is 6.42 Å². The number of aliphatic hydroxyl groups is 2. The SMILES string of the molecule is COc1ccc(CCC(O)C(C)O)c(C)c1C. The molecule has 0 bridgehead atoms. The zero-order valence-corrected chi connectivity index (χ0v) is 11.0. The van der Waals surface area contributed by atoms with Gasteiger partial charge in [0.05, 0.1) is 19.3 Å². The largest absolute Gasteiger partial charge is 0.496 e. The van der Waals surface area contributed by atoms with Gasteiger partial charge in [0.15, 0.2) is 0 Å².